The summed E-state index contributed by atoms with van der Waals surface area (Å²) in [4.78, 5) is 0. The molecule has 2 aliphatic carbocycles. The first-order chi connectivity index (χ1) is 8.26. The van der Waals surface area contributed by atoms with Crippen LogP contribution in [0.2, 0.25) is 0 Å². The van der Waals surface area contributed by atoms with Gasteiger partial charge in [0.05, 0.1) is 7.11 Å². The molecule has 2 saturated carbocycles. The highest BCUT2D eigenvalue weighted by molar-refractivity contribution is 5.35. The number of benzene rings is 1. The number of hydrogen-bond donors (Lipinski definition) is 0. The smallest absolute Gasteiger partial charge is 0.122 e. The normalized spacial score (nSPS) is 35.2. The van der Waals surface area contributed by atoms with E-state index in [1.807, 2.05) is 0 Å². The van der Waals surface area contributed by atoms with Crippen LogP contribution in [-0.2, 0) is 6.42 Å². The fraction of sp³-hybridized carbons (Fsp3) is 0.625. The van der Waals surface area contributed by atoms with Gasteiger partial charge in [0, 0.05) is 0 Å². The molecule has 3 atom stereocenters. The van der Waals surface area contributed by atoms with Gasteiger partial charge in [-0.2, -0.15) is 0 Å². The molecule has 3 rings (SSSR count). The molecule has 1 aromatic rings. The Balaban J connectivity index is 1.83. The van der Waals surface area contributed by atoms with E-state index in [0.717, 1.165) is 17.6 Å². The van der Waals surface area contributed by atoms with Crippen molar-refractivity contribution < 1.29 is 4.74 Å². The molecule has 0 saturated heterocycles. The van der Waals surface area contributed by atoms with Crippen LogP contribution in [0, 0.1) is 17.3 Å². The molecule has 92 valence electrons. The third-order valence-corrected chi connectivity index (χ3v) is 5.16. The van der Waals surface area contributed by atoms with Gasteiger partial charge in [0.1, 0.15) is 5.75 Å². The van der Waals surface area contributed by atoms with Gasteiger partial charge in [0.15, 0.2) is 0 Å². The van der Waals surface area contributed by atoms with Crippen LogP contribution in [0.5, 0.6) is 5.75 Å². The lowest BCUT2D eigenvalue weighted by Crippen LogP contribution is -2.22. The van der Waals surface area contributed by atoms with Gasteiger partial charge < -0.3 is 4.74 Å². The maximum atomic E-state index is 5.49. The van der Waals surface area contributed by atoms with Crippen LogP contribution >= 0.6 is 0 Å². The van der Waals surface area contributed by atoms with Crippen molar-refractivity contribution in [3.8, 4) is 5.75 Å². The van der Waals surface area contributed by atoms with Gasteiger partial charge in [-0.05, 0) is 48.1 Å². The van der Waals surface area contributed by atoms with Gasteiger partial charge in [0.25, 0.3) is 0 Å². The Labute approximate surface area is 104 Å². The van der Waals surface area contributed by atoms with Crippen LogP contribution in [-0.4, -0.2) is 7.11 Å². The number of hydrogen-bond acceptors (Lipinski definition) is 1. The van der Waals surface area contributed by atoms with E-state index in [1.54, 1.807) is 7.11 Å². The fourth-order valence-electron chi connectivity index (χ4n) is 3.95. The molecular formula is C16H22O. The third-order valence-electron chi connectivity index (χ3n) is 5.16. The van der Waals surface area contributed by atoms with Crippen molar-refractivity contribution in [2.24, 2.45) is 17.3 Å². The van der Waals surface area contributed by atoms with Crippen molar-refractivity contribution in [2.75, 3.05) is 7.11 Å². The number of ether oxygens (including phenoxy) is 1. The monoisotopic (exact) mass is 230 g/mol. The first-order valence-electron chi connectivity index (χ1n) is 6.88. The molecule has 2 fully saturated rings. The summed E-state index contributed by atoms with van der Waals surface area (Å²) in [6.07, 6.45) is 7.00. The second kappa shape index (κ2) is 4.04. The molecule has 0 heterocycles. The van der Waals surface area contributed by atoms with Crippen molar-refractivity contribution in [3.63, 3.8) is 0 Å². The Kier molecular flexibility index (Phi) is 2.65. The molecule has 1 nitrogen and oxygen atoms in total. The molecule has 0 aliphatic heterocycles. The Bertz CT molecular complexity index is 412. The molecule has 0 unspecified atom stereocenters. The molecule has 0 bridgehead atoms. The molecule has 17 heavy (non-hydrogen) atoms. The van der Waals surface area contributed by atoms with Crippen LogP contribution in [0.25, 0.3) is 0 Å². The van der Waals surface area contributed by atoms with Crippen LogP contribution < -0.4 is 4.74 Å². The summed E-state index contributed by atoms with van der Waals surface area (Å²) < 4.78 is 5.49. The van der Waals surface area contributed by atoms with Crippen molar-refractivity contribution in [3.05, 3.63) is 29.8 Å². The summed E-state index contributed by atoms with van der Waals surface area (Å²) in [6.45, 7) is 2.45. The van der Waals surface area contributed by atoms with E-state index in [2.05, 4.69) is 31.2 Å². The van der Waals surface area contributed by atoms with Crippen LogP contribution in [0.15, 0.2) is 24.3 Å². The quantitative estimate of drug-likeness (QED) is 0.760. The first-order valence-corrected chi connectivity index (χ1v) is 6.88. The minimum atomic E-state index is 0.618. The molecular weight excluding hydrogens is 208 g/mol. The van der Waals surface area contributed by atoms with Gasteiger partial charge in [0.2, 0.25) is 0 Å². The summed E-state index contributed by atoms with van der Waals surface area (Å²) in [5.41, 5.74) is 2.03. The van der Waals surface area contributed by atoms with E-state index in [9.17, 15) is 0 Å². The second-order valence-corrected chi connectivity index (χ2v) is 5.95. The maximum Gasteiger partial charge on any atom is 0.122 e. The average molecular weight is 230 g/mol. The third kappa shape index (κ3) is 1.76. The molecule has 0 aromatic heterocycles. The average Bonchev–Trinajstić information content (AvgIpc) is 3.06. The highest BCUT2D eigenvalue weighted by atomic mass is 16.5. The predicted molar refractivity (Wildman–Crippen MR) is 70.3 cm³/mol. The Morgan fingerprint density at radius 3 is 2.88 bits per heavy atom. The summed E-state index contributed by atoms with van der Waals surface area (Å²) in [7, 11) is 1.78. The maximum absolute atomic E-state index is 5.49. The lowest BCUT2D eigenvalue weighted by atomic mass is 9.75. The molecule has 0 spiro atoms. The van der Waals surface area contributed by atoms with E-state index >= 15 is 0 Å². The minimum absolute atomic E-state index is 0.618. The molecule has 0 radical (unpaired) electrons. The standard InChI is InChI=1S/C16H22O/c1-12-6-5-8-14-11-16(12,14)10-13-7-3-4-9-15(13)17-2/h3-4,7,9,12,14H,5-6,8,10-11H2,1-2H3/t12-,14-,16-/m1/s1. The van der Waals surface area contributed by atoms with Gasteiger partial charge >= 0.3 is 0 Å². The zero-order valence-corrected chi connectivity index (χ0v) is 10.9. The SMILES string of the molecule is COc1ccccc1C[C@]12C[C@H]1CCC[C@H]2C. The van der Waals surface area contributed by atoms with E-state index in [0.29, 0.717) is 5.41 Å². The van der Waals surface area contributed by atoms with Crippen molar-refractivity contribution >= 4 is 0 Å². The first kappa shape index (κ1) is 11.1. The van der Waals surface area contributed by atoms with E-state index in [4.69, 9.17) is 4.74 Å². The van der Waals surface area contributed by atoms with Crippen LogP contribution in [0.3, 0.4) is 0 Å². The Hall–Kier alpha value is -0.980. The van der Waals surface area contributed by atoms with Crippen LogP contribution in [0.4, 0.5) is 0 Å². The predicted octanol–water partition coefficient (Wildman–Crippen LogP) is 4.06. The Morgan fingerprint density at radius 2 is 2.12 bits per heavy atom. The molecule has 0 N–H and O–H groups in total. The Morgan fingerprint density at radius 1 is 1.29 bits per heavy atom. The van der Waals surface area contributed by atoms with E-state index in [1.165, 1.54) is 37.7 Å². The number of para-hydroxylation sites is 1. The van der Waals surface area contributed by atoms with Crippen molar-refractivity contribution in [1.29, 1.82) is 0 Å². The fourth-order valence-corrected chi connectivity index (χ4v) is 3.95. The minimum Gasteiger partial charge on any atom is -0.496 e. The van der Waals surface area contributed by atoms with E-state index in [-0.39, 0.29) is 0 Å². The molecule has 1 aromatic carbocycles. The summed E-state index contributed by atoms with van der Waals surface area (Å²) in [5.74, 6) is 2.97. The summed E-state index contributed by atoms with van der Waals surface area (Å²) in [6, 6.07) is 8.54. The zero-order chi connectivity index (χ0) is 11.9. The number of methoxy groups -OCH3 is 1. The van der Waals surface area contributed by atoms with Gasteiger partial charge in [-0.1, -0.05) is 38.0 Å². The topological polar surface area (TPSA) is 9.23 Å². The van der Waals surface area contributed by atoms with E-state index < -0.39 is 0 Å². The number of fused-ring (bicyclic) bond motifs is 1. The van der Waals surface area contributed by atoms with Crippen molar-refractivity contribution in [2.45, 2.75) is 39.0 Å². The van der Waals surface area contributed by atoms with Crippen molar-refractivity contribution in [1.82, 2.24) is 0 Å². The summed E-state index contributed by atoms with van der Waals surface area (Å²) >= 11 is 0. The molecule has 0 amide bonds. The second-order valence-electron chi connectivity index (χ2n) is 5.95. The summed E-state index contributed by atoms with van der Waals surface area (Å²) in [5, 5.41) is 0. The zero-order valence-electron chi connectivity index (χ0n) is 10.9. The highest BCUT2D eigenvalue weighted by Gasteiger charge is 2.58. The molecule has 1 heteroatoms. The highest BCUT2D eigenvalue weighted by Crippen LogP contribution is 2.65. The molecule has 2 aliphatic rings. The van der Waals surface area contributed by atoms with Gasteiger partial charge in [-0.15, -0.1) is 0 Å². The lowest BCUT2D eigenvalue weighted by molar-refractivity contribution is 0.229. The van der Waals surface area contributed by atoms with Gasteiger partial charge in [-0.25, -0.2) is 0 Å². The number of rotatable bonds is 3. The van der Waals surface area contributed by atoms with Crippen LogP contribution in [0.1, 0.15) is 38.2 Å². The lowest BCUT2D eigenvalue weighted by Gasteiger charge is -2.30. The largest absolute Gasteiger partial charge is 0.496 e. The van der Waals surface area contributed by atoms with Gasteiger partial charge in [-0.3, -0.25) is 0 Å².